The first kappa shape index (κ1) is 12.3. The Balaban J connectivity index is 1.63. The van der Waals surface area contributed by atoms with Crippen molar-refractivity contribution >= 4 is 5.65 Å². The molecule has 0 unspecified atom stereocenters. The van der Waals surface area contributed by atoms with E-state index in [1.54, 1.807) is 18.3 Å². The third-order valence-corrected chi connectivity index (χ3v) is 3.91. The summed E-state index contributed by atoms with van der Waals surface area (Å²) < 4.78 is 1.43. The molecule has 0 aliphatic carbocycles. The van der Waals surface area contributed by atoms with Gasteiger partial charge in [-0.2, -0.15) is 5.10 Å². The number of fused-ring (bicyclic) bond motifs is 1. The zero-order valence-electron chi connectivity index (χ0n) is 11.4. The first-order valence-electron chi connectivity index (χ1n) is 6.96. The van der Waals surface area contributed by atoms with Gasteiger partial charge in [-0.3, -0.25) is 19.9 Å². The van der Waals surface area contributed by atoms with Crippen molar-refractivity contribution < 1.29 is 0 Å². The van der Waals surface area contributed by atoms with Crippen molar-refractivity contribution in [1.29, 1.82) is 0 Å². The summed E-state index contributed by atoms with van der Waals surface area (Å²) in [6, 6.07) is 3.60. The minimum Gasteiger partial charge on any atom is -0.297 e. The number of nitrogens with one attached hydrogen (secondary N) is 2. The lowest BCUT2D eigenvalue weighted by atomic mass is 10.2. The van der Waals surface area contributed by atoms with Gasteiger partial charge < -0.3 is 0 Å². The molecule has 1 fully saturated rings. The maximum Gasteiger partial charge on any atom is 0.272 e. The molecule has 0 saturated carbocycles. The smallest absolute Gasteiger partial charge is 0.272 e. The summed E-state index contributed by atoms with van der Waals surface area (Å²) in [6.07, 6.45) is 5.39. The van der Waals surface area contributed by atoms with Crippen molar-refractivity contribution in [3.05, 3.63) is 46.5 Å². The van der Waals surface area contributed by atoms with Gasteiger partial charge in [-0.1, -0.05) is 0 Å². The highest BCUT2D eigenvalue weighted by molar-refractivity contribution is 5.36. The van der Waals surface area contributed by atoms with Crippen LogP contribution in [0.1, 0.15) is 30.4 Å². The molecule has 0 radical (unpaired) electrons. The number of nitrogens with zero attached hydrogens (tertiary/aromatic N) is 5. The topological polar surface area (TPSA) is 95.0 Å². The van der Waals surface area contributed by atoms with Crippen LogP contribution < -0.4 is 5.56 Å². The van der Waals surface area contributed by atoms with Gasteiger partial charge in [0.1, 0.15) is 12.2 Å². The van der Waals surface area contributed by atoms with E-state index in [0.717, 1.165) is 30.9 Å². The molecule has 4 heterocycles. The summed E-state index contributed by atoms with van der Waals surface area (Å²) in [7, 11) is 0. The third-order valence-electron chi connectivity index (χ3n) is 3.91. The summed E-state index contributed by atoms with van der Waals surface area (Å²) >= 11 is 0. The fourth-order valence-electron chi connectivity index (χ4n) is 2.97. The van der Waals surface area contributed by atoms with Gasteiger partial charge in [-0.15, -0.1) is 0 Å². The van der Waals surface area contributed by atoms with Crippen molar-refractivity contribution in [1.82, 2.24) is 34.7 Å². The second-order valence-corrected chi connectivity index (χ2v) is 5.24. The molecule has 0 bridgehead atoms. The molecule has 0 aromatic carbocycles. The van der Waals surface area contributed by atoms with Crippen LogP contribution in [0.5, 0.6) is 0 Å². The van der Waals surface area contributed by atoms with Crippen LogP contribution in [0.2, 0.25) is 0 Å². The molecule has 2 N–H and O–H groups in total. The largest absolute Gasteiger partial charge is 0.297 e. The van der Waals surface area contributed by atoms with Crippen LogP contribution in [0.3, 0.4) is 0 Å². The molecule has 1 aliphatic heterocycles. The Hall–Kier alpha value is -2.48. The molecule has 3 aromatic rings. The minimum atomic E-state index is -0.0876. The van der Waals surface area contributed by atoms with E-state index in [0.29, 0.717) is 12.2 Å². The predicted molar refractivity (Wildman–Crippen MR) is 74.6 cm³/mol. The van der Waals surface area contributed by atoms with Crippen LogP contribution in [0.15, 0.2) is 29.5 Å². The number of likely N-dealkylation sites (tertiary alicyclic amines) is 1. The maximum atomic E-state index is 12.0. The number of rotatable bonds is 3. The van der Waals surface area contributed by atoms with Crippen molar-refractivity contribution in [3.63, 3.8) is 0 Å². The zero-order chi connectivity index (χ0) is 14.2. The van der Waals surface area contributed by atoms with Crippen LogP contribution in [0.4, 0.5) is 0 Å². The number of aromatic amines is 2. The van der Waals surface area contributed by atoms with Gasteiger partial charge in [0, 0.05) is 24.9 Å². The van der Waals surface area contributed by atoms with Crippen LogP contribution >= 0.6 is 0 Å². The molecule has 0 amide bonds. The number of H-pyrrole nitrogens is 2. The summed E-state index contributed by atoms with van der Waals surface area (Å²) in [5, 5.41) is 9.70. The molecule has 8 nitrogen and oxygen atoms in total. The first-order valence-corrected chi connectivity index (χ1v) is 6.96. The highest BCUT2D eigenvalue weighted by atomic mass is 16.1. The number of hydrogen-bond acceptors (Lipinski definition) is 5. The quantitative estimate of drug-likeness (QED) is 0.729. The Kier molecular flexibility index (Phi) is 2.81. The molecule has 4 rings (SSSR count). The molecule has 0 spiro atoms. The summed E-state index contributed by atoms with van der Waals surface area (Å²) in [5.41, 5.74) is 1.34. The second kappa shape index (κ2) is 4.81. The van der Waals surface area contributed by atoms with Gasteiger partial charge in [-0.05, 0) is 19.4 Å². The highest BCUT2D eigenvalue weighted by Gasteiger charge is 2.28. The Morgan fingerprint density at radius 1 is 1.43 bits per heavy atom. The standard InChI is InChI=1S/C13H15N7O/c21-12-6-9(17-11-3-4-16-20(11)12)7-19-5-1-2-10(19)13-14-8-15-18-13/h3-4,6,8,10,16H,1-2,5,7H2,(H,14,15,18)/t10-/m0/s1. The van der Waals surface area contributed by atoms with E-state index in [1.807, 2.05) is 0 Å². The highest BCUT2D eigenvalue weighted by Crippen LogP contribution is 2.30. The van der Waals surface area contributed by atoms with Gasteiger partial charge >= 0.3 is 0 Å². The van der Waals surface area contributed by atoms with E-state index in [-0.39, 0.29) is 11.6 Å². The Labute approximate surface area is 119 Å². The van der Waals surface area contributed by atoms with Gasteiger partial charge in [0.15, 0.2) is 5.65 Å². The van der Waals surface area contributed by atoms with E-state index in [2.05, 4.69) is 30.2 Å². The van der Waals surface area contributed by atoms with E-state index in [1.165, 1.54) is 10.8 Å². The van der Waals surface area contributed by atoms with E-state index < -0.39 is 0 Å². The van der Waals surface area contributed by atoms with Gasteiger partial charge in [0.05, 0.1) is 11.7 Å². The average molecular weight is 285 g/mol. The van der Waals surface area contributed by atoms with Gasteiger partial charge in [0.25, 0.3) is 5.56 Å². The lowest BCUT2D eigenvalue weighted by Crippen LogP contribution is -2.26. The Morgan fingerprint density at radius 3 is 3.24 bits per heavy atom. The summed E-state index contributed by atoms with van der Waals surface area (Å²) in [4.78, 5) is 23.0. The van der Waals surface area contributed by atoms with Crippen LogP contribution in [-0.2, 0) is 6.54 Å². The van der Waals surface area contributed by atoms with Gasteiger partial charge in [0.2, 0.25) is 0 Å². The van der Waals surface area contributed by atoms with Crippen LogP contribution in [0, 0.1) is 0 Å². The fraction of sp³-hybridized carbons (Fsp3) is 0.385. The normalized spacial score (nSPS) is 19.5. The van der Waals surface area contributed by atoms with Crippen molar-refractivity contribution in [2.24, 2.45) is 0 Å². The second-order valence-electron chi connectivity index (χ2n) is 5.24. The predicted octanol–water partition coefficient (Wildman–Crippen LogP) is 0.478. The Bertz CT molecular complexity index is 803. The van der Waals surface area contributed by atoms with Crippen LogP contribution in [-0.4, -0.2) is 41.2 Å². The minimum absolute atomic E-state index is 0.0876. The van der Waals surface area contributed by atoms with Crippen molar-refractivity contribution in [2.75, 3.05) is 6.54 Å². The first-order chi connectivity index (χ1) is 10.3. The monoisotopic (exact) mass is 285 g/mol. The molecule has 21 heavy (non-hydrogen) atoms. The molecule has 3 aromatic heterocycles. The molecular weight excluding hydrogens is 270 g/mol. The summed E-state index contributed by atoms with van der Waals surface area (Å²) in [5.74, 6) is 0.881. The van der Waals surface area contributed by atoms with E-state index in [9.17, 15) is 4.79 Å². The molecule has 1 atom stereocenters. The SMILES string of the molecule is O=c1cc(CN2CCC[C@H]2c2ncn[nH]2)nc2cc[nH]n12. The van der Waals surface area contributed by atoms with Crippen LogP contribution in [0.25, 0.3) is 5.65 Å². The van der Waals surface area contributed by atoms with Crippen molar-refractivity contribution in [3.8, 4) is 0 Å². The Morgan fingerprint density at radius 2 is 2.38 bits per heavy atom. The third kappa shape index (κ3) is 2.13. The lowest BCUT2D eigenvalue weighted by molar-refractivity contribution is 0.237. The molecule has 1 aliphatic rings. The fourth-order valence-corrected chi connectivity index (χ4v) is 2.97. The van der Waals surface area contributed by atoms with E-state index >= 15 is 0 Å². The zero-order valence-corrected chi connectivity index (χ0v) is 11.4. The molecule has 8 heteroatoms. The average Bonchev–Trinajstić information content (AvgIpc) is 3.19. The number of aromatic nitrogens is 6. The maximum absolute atomic E-state index is 12.0. The molecular formula is C13H15N7O. The number of hydrogen-bond donors (Lipinski definition) is 2. The van der Waals surface area contributed by atoms with Gasteiger partial charge in [-0.25, -0.2) is 14.5 Å². The molecule has 108 valence electrons. The molecule has 1 saturated heterocycles. The lowest BCUT2D eigenvalue weighted by Gasteiger charge is -2.21. The van der Waals surface area contributed by atoms with Crippen molar-refractivity contribution in [2.45, 2.75) is 25.4 Å². The van der Waals surface area contributed by atoms with E-state index in [4.69, 9.17) is 0 Å². The summed E-state index contributed by atoms with van der Waals surface area (Å²) in [6.45, 7) is 1.61.